The summed E-state index contributed by atoms with van der Waals surface area (Å²) >= 11 is 0. The van der Waals surface area contributed by atoms with Gasteiger partial charge in [0.2, 0.25) is 5.82 Å². The molecule has 1 aromatic heterocycles. The van der Waals surface area contributed by atoms with E-state index in [-0.39, 0.29) is 12.3 Å². The topological polar surface area (TPSA) is 60.7 Å². The monoisotopic (exact) mass is 216 g/mol. The summed E-state index contributed by atoms with van der Waals surface area (Å²) in [6.45, 7) is 2.01. The number of carbonyl (C=O) groups excluding carboxylic acids is 1. The summed E-state index contributed by atoms with van der Waals surface area (Å²) < 4.78 is 0. The maximum atomic E-state index is 11.2. The molecule has 5 heteroatoms. The lowest BCUT2D eigenvalue weighted by molar-refractivity contribution is -0.119. The van der Waals surface area contributed by atoms with Crippen LogP contribution < -0.4 is 0 Å². The fraction of sp³-hybridized carbons (Fsp3) is 0.273. The maximum absolute atomic E-state index is 11.2. The van der Waals surface area contributed by atoms with Gasteiger partial charge >= 0.3 is 0 Å². The molecule has 2 aromatic rings. The van der Waals surface area contributed by atoms with Crippen LogP contribution in [0.25, 0.3) is 11.4 Å². The molecule has 0 aliphatic rings. The van der Waals surface area contributed by atoms with Crippen LogP contribution in [0.1, 0.15) is 13.3 Å². The first-order chi connectivity index (χ1) is 7.79. The molecule has 0 N–H and O–H groups in total. The number of carbonyl (C=O) groups is 1. The van der Waals surface area contributed by atoms with Crippen LogP contribution in [0.2, 0.25) is 0 Å². The van der Waals surface area contributed by atoms with Crippen LogP contribution in [-0.2, 0) is 11.3 Å². The Morgan fingerprint density at radius 1 is 1.31 bits per heavy atom. The third-order valence-electron chi connectivity index (χ3n) is 2.20. The molecule has 1 heterocycles. The van der Waals surface area contributed by atoms with Crippen molar-refractivity contribution in [2.75, 3.05) is 0 Å². The SMILES string of the molecule is CCC(=O)Cn1nnc(-c2ccccc2)n1. The molecule has 0 atom stereocenters. The minimum absolute atomic E-state index is 0.0945. The molecule has 0 radical (unpaired) electrons. The molecule has 0 fully saturated rings. The third-order valence-corrected chi connectivity index (χ3v) is 2.20. The quantitative estimate of drug-likeness (QED) is 0.773. The number of tetrazole rings is 1. The van der Waals surface area contributed by atoms with Crippen LogP contribution in [0.3, 0.4) is 0 Å². The van der Waals surface area contributed by atoms with E-state index in [1.54, 1.807) is 0 Å². The predicted octanol–water partition coefficient (Wildman–Crippen LogP) is 1.32. The van der Waals surface area contributed by atoms with Crippen LogP contribution in [0.5, 0.6) is 0 Å². The van der Waals surface area contributed by atoms with Crippen molar-refractivity contribution in [2.24, 2.45) is 0 Å². The molecule has 5 nitrogen and oxygen atoms in total. The van der Waals surface area contributed by atoms with Gasteiger partial charge in [-0.15, -0.1) is 10.2 Å². The van der Waals surface area contributed by atoms with Crippen molar-refractivity contribution < 1.29 is 4.79 Å². The Bertz CT molecular complexity index is 478. The van der Waals surface area contributed by atoms with Crippen LogP contribution in [0, 0.1) is 0 Å². The normalized spacial score (nSPS) is 10.3. The summed E-state index contributed by atoms with van der Waals surface area (Å²) in [5, 5.41) is 11.9. The van der Waals surface area contributed by atoms with Gasteiger partial charge in [0.05, 0.1) is 0 Å². The fourth-order valence-electron chi connectivity index (χ4n) is 1.28. The summed E-state index contributed by atoms with van der Waals surface area (Å²) in [6.07, 6.45) is 0.488. The predicted molar refractivity (Wildman–Crippen MR) is 58.6 cm³/mol. The van der Waals surface area contributed by atoms with Crippen molar-refractivity contribution >= 4 is 5.78 Å². The number of hydrogen-bond donors (Lipinski definition) is 0. The summed E-state index contributed by atoms with van der Waals surface area (Å²) in [6, 6.07) is 9.56. The van der Waals surface area contributed by atoms with Crippen molar-refractivity contribution in [1.29, 1.82) is 0 Å². The maximum Gasteiger partial charge on any atom is 0.204 e. The smallest absolute Gasteiger partial charge is 0.204 e. The lowest BCUT2D eigenvalue weighted by Gasteiger charge is -1.94. The fourth-order valence-corrected chi connectivity index (χ4v) is 1.28. The summed E-state index contributed by atoms with van der Waals surface area (Å²) in [5.74, 6) is 0.640. The van der Waals surface area contributed by atoms with Gasteiger partial charge in [-0.25, -0.2) is 0 Å². The molecule has 0 saturated carbocycles. The summed E-state index contributed by atoms with van der Waals surface area (Å²) in [5.41, 5.74) is 0.901. The minimum atomic E-state index is 0.0945. The Labute approximate surface area is 93.1 Å². The van der Waals surface area contributed by atoms with Gasteiger partial charge in [0.25, 0.3) is 0 Å². The number of hydrogen-bond acceptors (Lipinski definition) is 4. The second kappa shape index (κ2) is 4.65. The summed E-state index contributed by atoms with van der Waals surface area (Å²) in [4.78, 5) is 12.5. The number of aromatic nitrogens is 4. The van der Waals surface area contributed by atoms with Crippen molar-refractivity contribution in [3.63, 3.8) is 0 Å². The third kappa shape index (κ3) is 2.31. The highest BCUT2D eigenvalue weighted by atomic mass is 16.1. The molecule has 2 rings (SSSR count). The average Bonchev–Trinajstić information content (AvgIpc) is 2.78. The van der Waals surface area contributed by atoms with Crippen LogP contribution in [0.4, 0.5) is 0 Å². The first-order valence-electron chi connectivity index (χ1n) is 5.14. The van der Waals surface area contributed by atoms with Crippen molar-refractivity contribution in [3.05, 3.63) is 30.3 Å². The molecule has 0 saturated heterocycles. The van der Waals surface area contributed by atoms with Gasteiger partial charge in [0.15, 0.2) is 5.78 Å². The zero-order chi connectivity index (χ0) is 11.4. The van der Waals surface area contributed by atoms with E-state index in [4.69, 9.17) is 0 Å². The van der Waals surface area contributed by atoms with Gasteiger partial charge in [-0.3, -0.25) is 4.79 Å². The molecule has 0 bridgehead atoms. The number of nitrogens with zero attached hydrogens (tertiary/aromatic N) is 4. The van der Waals surface area contributed by atoms with Gasteiger partial charge in [-0.1, -0.05) is 37.3 Å². The molecule has 0 aliphatic carbocycles. The highest BCUT2D eigenvalue weighted by Gasteiger charge is 2.07. The Hall–Kier alpha value is -2.04. The lowest BCUT2D eigenvalue weighted by atomic mass is 10.2. The number of benzene rings is 1. The summed E-state index contributed by atoms with van der Waals surface area (Å²) in [7, 11) is 0. The molecule has 1 aromatic carbocycles. The van der Waals surface area contributed by atoms with E-state index >= 15 is 0 Å². The van der Waals surface area contributed by atoms with E-state index in [0.717, 1.165) is 5.56 Å². The average molecular weight is 216 g/mol. The van der Waals surface area contributed by atoms with Gasteiger partial charge in [-0.05, 0) is 5.21 Å². The standard InChI is InChI=1S/C11H12N4O/c1-2-10(16)8-15-13-11(12-14-15)9-6-4-3-5-7-9/h3-7H,2,8H2,1H3. The zero-order valence-electron chi connectivity index (χ0n) is 9.00. The molecule has 0 spiro atoms. The van der Waals surface area contributed by atoms with Gasteiger partial charge in [0.1, 0.15) is 6.54 Å². The second-order valence-corrected chi connectivity index (χ2v) is 3.40. The minimum Gasteiger partial charge on any atom is -0.298 e. The molecule has 0 unspecified atom stereocenters. The number of Topliss-reactive ketones (excluding diaryl/α,β-unsaturated/α-hetero) is 1. The zero-order valence-corrected chi connectivity index (χ0v) is 9.00. The van der Waals surface area contributed by atoms with Gasteiger partial charge < -0.3 is 0 Å². The first-order valence-corrected chi connectivity index (χ1v) is 5.14. The van der Waals surface area contributed by atoms with E-state index in [9.17, 15) is 4.79 Å². The Balaban J connectivity index is 2.17. The first kappa shape index (κ1) is 10.5. The van der Waals surface area contributed by atoms with E-state index in [1.165, 1.54) is 4.80 Å². The number of ketones is 1. The van der Waals surface area contributed by atoms with Crippen LogP contribution in [-0.4, -0.2) is 26.0 Å². The Morgan fingerprint density at radius 3 is 2.75 bits per heavy atom. The number of rotatable bonds is 4. The largest absolute Gasteiger partial charge is 0.298 e. The molecular formula is C11H12N4O. The van der Waals surface area contributed by atoms with E-state index in [2.05, 4.69) is 15.4 Å². The Kier molecular flexibility index (Phi) is 3.05. The van der Waals surface area contributed by atoms with Crippen molar-refractivity contribution in [1.82, 2.24) is 20.2 Å². The van der Waals surface area contributed by atoms with Crippen LogP contribution in [0.15, 0.2) is 30.3 Å². The van der Waals surface area contributed by atoms with Crippen LogP contribution >= 0.6 is 0 Å². The van der Waals surface area contributed by atoms with E-state index in [0.29, 0.717) is 12.2 Å². The van der Waals surface area contributed by atoms with Gasteiger partial charge in [0, 0.05) is 12.0 Å². The van der Waals surface area contributed by atoms with Gasteiger partial charge in [-0.2, -0.15) is 4.80 Å². The molecule has 82 valence electrons. The van der Waals surface area contributed by atoms with E-state index < -0.39 is 0 Å². The molecule has 0 amide bonds. The van der Waals surface area contributed by atoms with E-state index in [1.807, 2.05) is 37.3 Å². The van der Waals surface area contributed by atoms with Crippen molar-refractivity contribution in [3.8, 4) is 11.4 Å². The highest BCUT2D eigenvalue weighted by molar-refractivity contribution is 5.77. The molecule has 16 heavy (non-hydrogen) atoms. The Morgan fingerprint density at radius 2 is 2.06 bits per heavy atom. The highest BCUT2D eigenvalue weighted by Crippen LogP contribution is 2.11. The molecule has 0 aliphatic heterocycles. The lowest BCUT2D eigenvalue weighted by Crippen LogP contribution is -2.11. The van der Waals surface area contributed by atoms with Crippen molar-refractivity contribution in [2.45, 2.75) is 19.9 Å². The molecular weight excluding hydrogens is 204 g/mol. The second-order valence-electron chi connectivity index (χ2n) is 3.40.